The molecule has 0 saturated carbocycles. The highest BCUT2D eigenvalue weighted by Gasteiger charge is 2.14. The molecule has 6 heteroatoms. The van der Waals surface area contributed by atoms with Crippen LogP contribution in [0.15, 0.2) is 39.3 Å². The van der Waals surface area contributed by atoms with Gasteiger partial charge in [0.25, 0.3) is 0 Å². The minimum Gasteiger partial charge on any atom is -0.486 e. The summed E-state index contributed by atoms with van der Waals surface area (Å²) < 4.78 is 20.7. The summed E-state index contributed by atoms with van der Waals surface area (Å²) >= 11 is 6.56. The normalized spacial score (nSPS) is 10.5. The first-order chi connectivity index (χ1) is 9.88. The summed E-state index contributed by atoms with van der Waals surface area (Å²) in [7, 11) is 0. The van der Waals surface area contributed by atoms with Crippen molar-refractivity contribution in [2.24, 2.45) is 0 Å². The molecule has 0 aliphatic rings. The van der Waals surface area contributed by atoms with E-state index in [2.05, 4.69) is 31.9 Å². The maximum Gasteiger partial charge on any atom is 0.163 e. The molecule has 0 saturated heterocycles. The minimum atomic E-state index is -0.377. The van der Waals surface area contributed by atoms with Gasteiger partial charge in [-0.2, -0.15) is 0 Å². The van der Waals surface area contributed by atoms with Crippen molar-refractivity contribution >= 4 is 43.3 Å². The number of nitrogen functional groups attached to an aromatic ring is 1. The quantitative estimate of drug-likeness (QED) is 0.579. The molecule has 0 aliphatic heterocycles. The van der Waals surface area contributed by atoms with Gasteiger partial charge >= 0.3 is 0 Å². The number of anilines is 1. The van der Waals surface area contributed by atoms with Crippen LogP contribution in [0.3, 0.4) is 0 Å². The maximum absolute atomic E-state index is 13.7. The van der Waals surface area contributed by atoms with Crippen LogP contribution in [-0.2, 0) is 6.61 Å². The van der Waals surface area contributed by atoms with Crippen molar-refractivity contribution in [3.8, 4) is 5.75 Å². The van der Waals surface area contributed by atoms with E-state index in [-0.39, 0.29) is 24.0 Å². The van der Waals surface area contributed by atoms with Crippen LogP contribution in [0.25, 0.3) is 0 Å². The fourth-order valence-electron chi connectivity index (χ4n) is 1.84. The average Bonchev–Trinajstić information content (AvgIpc) is 2.40. The number of benzene rings is 2. The molecule has 3 nitrogen and oxygen atoms in total. The second-order valence-corrected chi connectivity index (χ2v) is 6.28. The van der Waals surface area contributed by atoms with E-state index in [9.17, 15) is 9.18 Å². The van der Waals surface area contributed by atoms with Crippen molar-refractivity contribution in [1.82, 2.24) is 0 Å². The lowest BCUT2D eigenvalue weighted by Crippen LogP contribution is -2.06. The molecule has 0 heterocycles. The van der Waals surface area contributed by atoms with Crippen LogP contribution in [0, 0.1) is 5.82 Å². The Hall–Kier alpha value is -1.40. The Balaban J connectivity index is 2.32. The third kappa shape index (κ3) is 3.83. The number of nitrogens with two attached hydrogens (primary N) is 1. The molecule has 0 amide bonds. The van der Waals surface area contributed by atoms with Crippen molar-refractivity contribution in [2.45, 2.75) is 13.5 Å². The van der Waals surface area contributed by atoms with Crippen LogP contribution in [0.1, 0.15) is 22.8 Å². The van der Waals surface area contributed by atoms with Crippen LogP contribution in [0.4, 0.5) is 10.1 Å². The highest BCUT2D eigenvalue weighted by molar-refractivity contribution is 9.10. The van der Waals surface area contributed by atoms with E-state index >= 15 is 0 Å². The van der Waals surface area contributed by atoms with Gasteiger partial charge in [-0.25, -0.2) is 4.39 Å². The topological polar surface area (TPSA) is 52.3 Å². The summed E-state index contributed by atoms with van der Waals surface area (Å²) in [5, 5.41) is 0. The van der Waals surface area contributed by atoms with Gasteiger partial charge in [0, 0.05) is 14.5 Å². The molecule has 2 N–H and O–H groups in total. The van der Waals surface area contributed by atoms with E-state index in [1.165, 1.54) is 13.0 Å². The summed E-state index contributed by atoms with van der Waals surface area (Å²) in [6.07, 6.45) is 0. The standard InChI is InChI=1S/C15H12Br2FNO2/c1-8(20)12-5-11(17)6-14(19)15(12)21-7-9-4-10(16)2-3-13(9)18/h2-6H,7,19H2,1H3. The van der Waals surface area contributed by atoms with Gasteiger partial charge in [-0.15, -0.1) is 0 Å². The lowest BCUT2D eigenvalue weighted by atomic mass is 10.1. The number of carbonyl (C=O) groups is 1. The Labute approximate surface area is 138 Å². The summed E-state index contributed by atoms with van der Waals surface area (Å²) in [5.74, 6) is -0.281. The van der Waals surface area contributed by atoms with Crippen LogP contribution < -0.4 is 10.5 Å². The van der Waals surface area contributed by atoms with Gasteiger partial charge in [0.1, 0.15) is 12.4 Å². The number of ether oxygens (including phenoxy) is 1. The van der Waals surface area contributed by atoms with Crippen molar-refractivity contribution in [1.29, 1.82) is 0 Å². The largest absolute Gasteiger partial charge is 0.486 e. The van der Waals surface area contributed by atoms with E-state index in [1.54, 1.807) is 24.3 Å². The molecule has 0 spiro atoms. The van der Waals surface area contributed by atoms with E-state index in [4.69, 9.17) is 10.5 Å². The fraction of sp³-hybridized carbons (Fsp3) is 0.133. The predicted octanol–water partition coefficient (Wildman–Crippen LogP) is 4.71. The molecule has 110 valence electrons. The number of Topliss-reactive ketones (excluding diaryl/α,β-unsaturated/α-hetero) is 1. The molecule has 0 radical (unpaired) electrons. The van der Waals surface area contributed by atoms with E-state index in [0.29, 0.717) is 21.3 Å². The fourth-order valence-corrected chi connectivity index (χ4v) is 2.73. The molecular formula is C15H12Br2FNO2. The Morgan fingerprint density at radius 2 is 1.95 bits per heavy atom. The molecule has 2 aromatic rings. The van der Waals surface area contributed by atoms with Gasteiger partial charge in [0.2, 0.25) is 0 Å². The Bertz CT molecular complexity index is 704. The third-order valence-corrected chi connectivity index (χ3v) is 3.79. The van der Waals surface area contributed by atoms with Crippen LogP contribution >= 0.6 is 31.9 Å². The summed E-state index contributed by atoms with van der Waals surface area (Å²) in [6.45, 7) is 1.41. The highest BCUT2D eigenvalue weighted by atomic mass is 79.9. The number of carbonyl (C=O) groups excluding carboxylic acids is 1. The summed E-state index contributed by atoms with van der Waals surface area (Å²) in [5.41, 5.74) is 6.94. The van der Waals surface area contributed by atoms with Crippen molar-refractivity contribution in [3.63, 3.8) is 0 Å². The number of ketones is 1. The maximum atomic E-state index is 13.7. The van der Waals surface area contributed by atoms with E-state index < -0.39 is 0 Å². The van der Waals surface area contributed by atoms with Gasteiger partial charge in [0.15, 0.2) is 11.5 Å². The number of hydrogen-bond donors (Lipinski definition) is 1. The zero-order valence-corrected chi connectivity index (χ0v) is 14.3. The molecule has 0 fully saturated rings. The van der Waals surface area contributed by atoms with Gasteiger partial charge < -0.3 is 10.5 Å². The zero-order chi connectivity index (χ0) is 15.6. The average molecular weight is 417 g/mol. The Morgan fingerprint density at radius 1 is 1.24 bits per heavy atom. The van der Waals surface area contributed by atoms with E-state index in [0.717, 1.165) is 4.47 Å². The second kappa shape index (κ2) is 6.58. The Kier molecular flexibility index (Phi) is 5.00. The molecule has 0 unspecified atom stereocenters. The van der Waals surface area contributed by atoms with Crippen molar-refractivity contribution in [3.05, 3.63) is 56.2 Å². The SMILES string of the molecule is CC(=O)c1cc(Br)cc(N)c1OCc1cc(Br)ccc1F. The van der Waals surface area contributed by atoms with Crippen LogP contribution in [0.5, 0.6) is 5.75 Å². The first kappa shape index (κ1) is 16.0. The van der Waals surface area contributed by atoms with Gasteiger partial charge in [-0.1, -0.05) is 31.9 Å². The monoisotopic (exact) mass is 415 g/mol. The first-order valence-corrected chi connectivity index (χ1v) is 7.63. The zero-order valence-electron chi connectivity index (χ0n) is 11.1. The molecule has 0 atom stereocenters. The molecule has 0 aromatic heterocycles. The molecular weight excluding hydrogens is 405 g/mol. The van der Waals surface area contributed by atoms with Crippen molar-refractivity contribution in [2.75, 3.05) is 5.73 Å². The summed E-state index contributed by atoms with van der Waals surface area (Å²) in [6, 6.07) is 7.84. The second-order valence-electron chi connectivity index (χ2n) is 4.45. The van der Waals surface area contributed by atoms with E-state index in [1.807, 2.05) is 0 Å². The third-order valence-electron chi connectivity index (χ3n) is 2.84. The minimum absolute atomic E-state index is 0.0165. The number of hydrogen-bond acceptors (Lipinski definition) is 3. The summed E-state index contributed by atoms with van der Waals surface area (Å²) in [4.78, 5) is 11.7. The number of rotatable bonds is 4. The van der Waals surface area contributed by atoms with Crippen molar-refractivity contribution < 1.29 is 13.9 Å². The predicted molar refractivity (Wildman–Crippen MR) is 87.0 cm³/mol. The smallest absolute Gasteiger partial charge is 0.163 e. The molecule has 21 heavy (non-hydrogen) atoms. The first-order valence-electron chi connectivity index (χ1n) is 6.05. The molecule has 2 aromatic carbocycles. The van der Waals surface area contributed by atoms with Crippen LogP contribution in [0.2, 0.25) is 0 Å². The molecule has 0 aliphatic carbocycles. The van der Waals surface area contributed by atoms with Gasteiger partial charge in [-0.05, 0) is 37.3 Å². The highest BCUT2D eigenvalue weighted by Crippen LogP contribution is 2.32. The lowest BCUT2D eigenvalue weighted by molar-refractivity contribution is 0.101. The molecule has 0 bridgehead atoms. The molecule has 2 rings (SSSR count). The van der Waals surface area contributed by atoms with Gasteiger partial charge in [-0.3, -0.25) is 4.79 Å². The van der Waals surface area contributed by atoms with Crippen LogP contribution in [-0.4, -0.2) is 5.78 Å². The van der Waals surface area contributed by atoms with Gasteiger partial charge in [0.05, 0.1) is 11.3 Å². The number of halogens is 3. The lowest BCUT2D eigenvalue weighted by Gasteiger charge is -2.13. The Morgan fingerprint density at radius 3 is 2.62 bits per heavy atom.